The molecule has 1 aromatic carbocycles. The van der Waals surface area contributed by atoms with Crippen LogP contribution in [0, 0.1) is 5.92 Å². The highest BCUT2D eigenvalue weighted by Crippen LogP contribution is 2.40. The third-order valence-corrected chi connectivity index (χ3v) is 4.60. The number of benzene rings is 1. The fourth-order valence-electron chi connectivity index (χ4n) is 3.35. The van der Waals surface area contributed by atoms with Crippen LogP contribution in [0.1, 0.15) is 30.8 Å². The second-order valence-electron chi connectivity index (χ2n) is 6.44. The normalized spacial score (nSPS) is 18.3. The van der Waals surface area contributed by atoms with Crippen molar-refractivity contribution in [2.24, 2.45) is 11.7 Å². The second-order valence-corrected chi connectivity index (χ2v) is 6.44. The van der Waals surface area contributed by atoms with E-state index in [-0.39, 0.29) is 6.61 Å². The zero-order chi connectivity index (χ0) is 20.3. The number of ether oxygens (including phenoxy) is 2. The summed E-state index contributed by atoms with van der Waals surface area (Å²) in [6.07, 6.45) is 1.07. The number of anilines is 1. The average molecular weight is 387 g/mol. The fraction of sp³-hybridized carbons (Fsp3) is 0.421. The first-order valence-electron chi connectivity index (χ1n) is 9.12. The predicted octanol–water partition coefficient (Wildman–Crippen LogP) is 1.24. The smallest absolute Gasteiger partial charge is 0.229 e. The zero-order valence-electron chi connectivity index (χ0n) is 16.0. The van der Waals surface area contributed by atoms with Crippen molar-refractivity contribution >= 4 is 11.9 Å². The molecule has 0 bridgehead atoms. The molecule has 9 heteroatoms. The minimum Gasteiger partial charge on any atom is -0.493 e. The number of nitrogens with two attached hydrogens (primary N) is 1. The molecule has 2 atom stereocenters. The number of hydrogen-bond donors (Lipinski definition) is 3. The van der Waals surface area contributed by atoms with Crippen LogP contribution in [-0.4, -0.2) is 46.1 Å². The number of aromatic nitrogens is 3. The van der Waals surface area contributed by atoms with E-state index in [9.17, 15) is 4.79 Å². The van der Waals surface area contributed by atoms with Gasteiger partial charge in [0, 0.05) is 18.7 Å². The van der Waals surface area contributed by atoms with Gasteiger partial charge in [-0.25, -0.2) is 4.68 Å². The molecule has 0 spiro atoms. The summed E-state index contributed by atoms with van der Waals surface area (Å²) in [5, 5.41) is 16.6. The standard InChI is InChI=1S/C19H25N5O4/c1-4-28-13-8-7-12(10-14(13)27-3)17-16(18(20)26)11(2)21-19-22-15(6-5-9-25)23-24(17)19/h7-8,10,16-17,25H,2,4-6,9H2,1,3H3,(H2,20,26)(H,21,22,23)/t16-,17+/m0/s1. The summed E-state index contributed by atoms with van der Waals surface area (Å²) in [7, 11) is 1.56. The van der Waals surface area contributed by atoms with Gasteiger partial charge < -0.3 is 25.6 Å². The van der Waals surface area contributed by atoms with E-state index in [2.05, 4.69) is 22.0 Å². The maximum Gasteiger partial charge on any atom is 0.229 e. The third kappa shape index (κ3) is 3.65. The van der Waals surface area contributed by atoms with Crippen molar-refractivity contribution in [1.82, 2.24) is 14.8 Å². The highest BCUT2D eigenvalue weighted by Gasteiger charge is 2.39. The number of aliphatic hydroxyl groups is 1. The van der Waals surface area contributed by atoms with Crippen LogP contribution in [0.4, 0.5) is 5.95 Å². The van der Waals surface area contributed by atoms with Crippen LogP contribution in [0.25, 0.3) is 0 Å². The van der Waals surface area contributed by atoms with Gasteiger partial charge in [0.1, 0.15) is 5.92 Å². The summed E-state index contributed by atoms with van der Waals surface area (Å²) in [5.41, 5.74) is 6.91. The number of nitrogens with zero attached hydrogens (tertiary/aromatic N) is 3. The first kappa shape index (κ1) is 19.7. The Labute approximate surface area is 163 Å². The van der Waals surface area contributed by atoms with E-state index in [1.165, 1.54) is 0 Å². The third-order valence-electron chi connectivity index (χ3n) is 4.60. The highest BCUT2D eigenvalue weighted by atomic mass is 16.5. The van der Waals surface area contributed by atoms with Crippen molar-refractivity contribution in [2.75, 3.05) is 25.6 Å². The number of aryl methyl sites for hydroxylation is 1. The lowest BCUT2D eigenvalue weighted by Gasteiger charge is -2.33. The molecule has 1 amide bonds. The van der Waals surface area contributed by atoms with Crippen LogP contribution in [0.3, 0.4) is 0 Å². The minimum atomic E-state index is -0.720. The molecule has 2 aromatic rings. The average Bonchev–Trinajstić information content (AvgIpc) is 3.07. The van der Waals surface area contributed by atoms with Crippen molar-refractivity contribution < 1.29 is 19.4 Å². The van der Waals surface area contributed by atoms with Gasteiger partial charge in [0.25, 0.3) is 0 Å². The van der Waals surface area contributed by atoms with Gasteiger partial charge in [0.05, 0.1) is 19.8 Å². The molecule has 1 aromatic heterocycles. The van der Waals surface area contributed by atoms with Crippen LogP contribution < -0.4 is 20.5 Å². The van der Waals surface area contributed by atoms with Gasteiger partial charge in [-0.2, -0.15) is 10.1 Å². The number of hydrogen-bond acceptors (Lipinski definition) is 7. The molecule has 150 valence electrons. The molecule has 0 fully saturated rings. The minimum absolute atomic E-state index is 0.0490. The van der Waals surface area contributed by atoms with E-state index in [0.29, 0.717) is 48.4 Å². The number of carbonyl (C=O) groups excluding carboxylic acids is 1. The molecule has 0 aliphatic carbocycles. The van der Waals surface area contributed by atoms with Gasteiger partial charge >= 0.3 is 0 Å². The molecule has 2 heterocycles. The van der Waals surface area contributed by atoms with Gasteiger partial charge in [-0.3, -0.25) is 4.79 Å². The van der Waals surface area contributed by atoms with Crippen molar-refractivity contribution in [2.45, 2.75) is 25.8 Å². The largest absolute Gasteiger partial charge is 0.493 e. The van der Waals surface area contributed by atoms with E-state index in [1.807, 2.05) is 19.1 Å². The van der Waals surface area contributed by atoms with Crippen LogP contribution in [0.5, 0.6) is 11.5 Å². The molecule has 0 saturated heterocycles. The van der Waals surface area contributed by atoms with Crippen LogP contribution >= 0.6 is 0 Å². The summed E-state index contributed by atoms with van der Waals surface area (Å²) < 4.78 is 12.7. The Hall–Kier alpha value is -3.07. The Balaban J connectivity index is 2.09. The first-order chi connectivity index (χ1) is 13.5. The molecule has 1 aliphatic heterocycles. The molecular weight excluding hydrogens is 362 g/mol. The molecule has 0 unspecified atom stereocenters. The van der Waals surface area contributed by atoms with Gasteiger partial charge in [-0.05, 0) is 31.0 Å². The summed E-state index contributed by atoms with van der Waals surface area (Å²) in [6.45, 7) is 6.41. The topological polar surface area (TPSA) is 125 Å². The number of rotatable bonds is 8. The Morgan fingerprint density at radius 1 is 1.43 bits per heavy atom. The lowest BCUT2D eigenvalue weighted by Crippen LogP contribution is -2.40. The molecule has 1 aliphatic rings. The second kappa shape index (κ2) is 8.30. The summed E-state index contributed by atoms with van der Waals surface area (Å²) >= 11 is 0. The fourth-order valence-corrected chi connectivity index (χ4v) is 3.35. The highest BCUT2D eigenvalue weighted by molar-refractivity contribution is 5.82. The lowest BCUT2D eigenvalue weighted by atomic mass is 9.88. The predicted molar refractivity (Wildman–Crippen MR) is 103 cm³/mol. The van der Waals surface area contributed by atoms with Crippen LogP contribution in [0.15, 0.2) is 30.5 Å². The number of carbonyl (C=O) groups is 1. The maximum absolute atomic E-state index is 12.2. The molecule has 3 rings (SSSR count). The van der Waals surface area contributed by atoms with Crippen molar-refractivity contribution in [3.63, 3.8) is 0 Å². The summed E-state index contributed by atoms with van der Waals surface area (Å²) in [5.74, 6) is 0.968. The molecule has 9 nitrogen and oxygen atoms in total. The number of aliphatic hydroxyl groups excluding tert-OH is 1. The Bertz CT molecular complexity index is 879. The Morgan fingerprint density at radius 3 is 2.86 bits per heavy atom. The maximum atomic E-state index is 12.2. The van der Waals surface area contributed by atoms with E-state index in [0.717, 1.165) is 5.56 Å². The number of primary amides is 1. The first-order valence-corrected chi connectivity index (χ1v) is 9.12. The van der Waals surface area contributed by atoms with Crippen molar-refractivity contribution in [1.29, 1.82) is 0 Å². The molecule has 28 heavy (non-hydrogen) atoms. The van der Waals surface area contributed by atoms with E-state index >= 15 is 0 Å². The van der Waals surface area contributed by atoms with Crippen molar-refractivity contribution in [3.05, 3.63) is 41.9 Å². The lowest BCUT2D eigenvalue weighted by molar-refractivity contribution is -0.121. The summed E-state index contributed by atoms with van der Waals surface area (Å²) in [4.78, 5) is 16.7. The molecule has 0 radical (unpaired) electrons. The van der Waals surface area contributed by atoms with E-state index in [4.69, 9.17) is 20.3 Å². The monoisotopic (exact) mass is 387 g/mol. The number of methoxy groups -OCH3 is 1. The zero-order valence-corrected chi connectivity index (χ0v) is 16.0. The number of fused-ring (bicyclic) bond motifs is 1. The van der Waals surface area contributed by atoms with Crippen LogP contribution in [-0.2, 0) is 11.2 Å². The Morgan fingerprint density at radius 2 is 2.21 bits per heavy atom. The number of nitrogens with one attached hydrogen (secondary N) is 1. The van der Waals surface area contributed by atoms with E-state index < -0.39 is 17.9 Å². The van der Waals surface area contributed by atoms with Crippen molar-refractivity contribution in [3.8, 4) is 11.5 Å². The molecule has 4 N–H and O–H groups in total. The Kier molecular flexibility index (Phi) is 5.84. The SMILES string of the molecule is C=C1Nc2nc(CCCO)nn2[C@H](c2ccc(OCC)c(OC)c2)[C@H]1C(N)=O. The van der Waals surface area contributed by atoms with Gasteiger partial charge in [0.15, 0.2) is 17.3 Å². The van der Waals surface area contributed by atoms with Gasteiger partial charge in [-0.15, -0.1) is 0 Å². The number of amides is 1. The van der Waals surface area contributed by atoms with Gasteiger partial charge in [0.2, 0.25) is 11.9 Å². The summed E-state index contributed by atoms with van der Waals surface area (Å²) in [6, 6.07) is 4.93. The van der Waals surface area contributed by atoms with E-state index in [1.54, 1.807) is 17.9 Å². The molecular formula is C19H25N5O4. The van der Waals surface area contributed by atoms with Gasteiger partial charge in [-0.1, -0.05) is 12.6 Å². The quantitative estimate of drug-likeness (QED) is 0.622. The molecule has 0 saturated carbocycles. The van der Waals surface area contributed by atoms with Crippen LogP contribution in [0.2, 0.25) is 0 Å².